The number of carbonyl (C=O) groups excluding carboxylic acids is 1. The highest BCUT2D eigenvalue weighted by Gasteiger charge is 2.30. The molecule has 2 aromatic heterocycles. The average Bonchev–Trinajstić information content (AvgIpc) is 3.58. The van der Waals surface area contributed by atoms with Crippen LogP contribution in [0.15, 0.2) is 83.3 Å². The second-order valence-electron chi connectivity index (χ2n) is 8.70. The summed E-state index contributed by atoms with van der Waals surface area (Å²) in [5.74, 6) is 0.572. The van der Waals surface area contributed by atoms with Gasteiger partial charge in [-0.3, -0.25) is 9.36 Å². The minimum Gasteiger partial charge on any atom is -0.347 e. The van der Waals surface area contributed by atoms with Crippen LogP contribution in [0.3, 0.4) is 0 Å². The Bertz CT molecular complexity index is 1670. The number of carbonyl (C=O) groups is 1. The fourth-order valence-electron chi connectivity index (χ4n) is 3.95. The number of thiazole rings is 1. The zero-order chi connectivity index (χ0) is 28.3. The minimum absolute atomic E-state index is 0.0469. The van der Waals surface area contributed by atoms with E-state index in [1.54, 1.807) is 11.4 Å². The van der Waals surface area contributed by atoms with Gasteiger partial charge in [0.15, 0.2) is 11.0 Å². The molecule has 0 aliphatic heterocycles. The Labute approximate surface area is 241 Å². The van der Waals surface area contributed by atoms with Crippen LogP contribution >= 0.6 is 34.7 Å². The maximum atomic E-state index is 13.0. The Morgan fingerprint density at radius 1 is 1.05 bits per heavy atom. The molecular formula is C28H21ClF3N5OS2. The van der Waals surface area contributed by atoms with Crippen molar-refractivity contribution in [2.75, 3.05) is 0 Å². The van der Waals surface area contributed by atoms with Crippen LogP contribution < -0.4 is 5.32 Å². The summed E-state index contributed by atoms with van der Waals surface area (Å²) in [7, 11) is 0. The van der Waals surface area contributed by atoms with E-state index in [1.807, 2.05) is 54.0 Å². The lowest BCUT2D eigenvalue weighted by molar-refractivity contribution is -0.137. The predicted molar refractivity (Wildman–Crippen MR) is 151 cm³/mol. The lowest BCUT2D eigenvalue weighted by Crippen LogP contribution is -2.23. The molecule has 0 bridgehead atoms. The molecular weight excluding hydrogens is 579 g/mol. The van der Waals surface area contributed by atoms with E-state index in [-0.39, 0.29) is 12.2 Å². The first-order valence-corrected chi connectivity index (χ1v) is 14.2. The number of hydrogen-bond acceptors (Lipinski definition) is 6. The molecule has 5 aromatic rings. The maximum absolute atomic E-state index is 13.0. The number of aryl methyl sites for hydroxylation is 1. The molecule has 0 unspecified atom stereocenters. The van der Waals surface area contributed by atoms with Gasteiger partial charge in [0.25, 0.3) is 5.91 Å². The molecule has 0 aliphatic carbocycles. The number of aromatic nitrogens is 4. The molecule has 2 heterocycles. The molecule has 40 heavy (non-hydrogen) atoms. The van der Waals surface area contributed by atoms with Crippen molar-refractivity contribution in [1.29, 1.82) is 0 Å². The van der Waals surface area contributed by atoms with E-state index in [4.69, 9.17) is 11.6 Å². The van der Waals surface area contributed by atoms with Crippen LogP contribution in [0.25, 0.3) is 17.1 Å². The Balaban J connectivity index is 1.31. The number of amides is 1. The SMILES string of the molecule is Cc1ccccc1-n1c(SCc2nc(C(=O)NCc3cccc(C(F)(F)F)c3)cs2)nnc1-c1ccccc1Cl. The molecule has 0 aliphatic rings. The van der Waals surface area contributed by atoms with E-state index in [0.717, 1.165) is 28.9 Å². The highest BCUT2D eigenvalue weighted by molar-refractivity contribution is 7.98. The van der Waals surface area contributed by atoms with Gasteiger partial charge in [0.2, 0.25) is 0 Å². The number of thioether (sulfide) groups is 1. The number of hydrogen-bond donors (Lipinski definition) is 1. The Kier molecular flexibility index (Phi) is 8.24. The van der Waals surface area contributed by atoms with E-state index in [2.05, 4.69) is 20.5 Å². The van der Waals surface area contributed by atoms with Crippen LogP contribution in [-0.2, 0) is 18.5 Å². The Morgan fingerprint density at radius 3 is 2.60 bits per heavy atom. The zero-order valence-electron chi connectivity index (χ0n) is 20.9. The first kappa shape index (κ1) is 27.9. The number of benzene rings is 3. The summed E-state index contributed by atoms with van der Waals surface area (Å²) in [5, 5.41) is 15.0. The maximum Gasteiger partial charge on any atom is 0.416 e. The molecule has 0 atom stereocenters. The number of halogens is 4. The molecule has 0 saturated heterocycles. The smallest absolute Gasteiger partial charge is 0.347 e. The molecule has 1 N–H and O–H groups in total. The molecule has 0 fully saturated rings. The van der Waals surface area contributed by atoms with Crippen molar-refractivity contribution in [3.63, 3.8) is 0 Å². The Morgan fingerprint density at radius 2 is 1.82 bits per heavy atom. The van der Waals surface area contributed by atoms with Gasteiger partial charge in [-0.2, -0.15) is 13.2 Å². The number of alkyl halides is 3. The van der Waals surface area contributed by atoms with Gasteiger partial charge in [0.1, 0.15) is 10.7 Å². The van der Waals surface area contributed by atoms with Crippen LogP contribution in [0, 0.1) is 6.92 Å². The number of nitrogens with zero attached hydrogens (tertiary/aromatic N) is 4. The third kappa shape index (κ3) is 6.22. The molecule has 204 valence electrons. The van der Waals surface area contributed by atoms with Crippen LogP contribution in [0.5, 0.6) is 0 Å². The third-order valence-electron chi connectivity index (χ3n) is 5.92. The van der Waals surface area contributed by atoms with Crippen molar-refractivity contribution in [1.82, 2.24) is 25.1 Å². The molecule has 3 aromatic carbocycles. The van der Waals surface area contributed by atoms with E-state index in [9.17, 15) is 18.0 Å². The first-order valence-electron chi connectivity index (χ1n) is 12.0. The van der Waals surface area contributed by atoms with Gasteiger partial charge in [-0.15, -0.1) is 21.5 Å². The predicted octanol–water partition coefficient (Wildman–Crippen LogP) is 7.59. The summed E-state index contributed by atoms with van der Waals surface area (Å²) in [6.45, 7) is 1.96. The quantitative estimate of drug-likeness (QED) is 0.186. The molecule has 12 heteroatoms. The average molecular weight is 600 g/mol. The molecule has 0 saturated carbocycles. The fourth-order valence-corrected chi connectivity index (χ4v) is 5.91. The summed E-state index contributed by atoms with van der Waals surface area (Å²) in [5.41, 5.74) is 2.48. The van der Waals surface area contributed by atoms with E-state index >= 15 is 0 Å². The number of para-hydroxylation sites is 1. The minimum atomic E-state index is -4.45. The van der Waals surface area contributed by atoms with Gasteiger partial charge in [-0.05, 0) is 48.4 Å². The fraction of sp³-hybridized carbons (Fsp3) is 0.143. The summed E-state index contributed by atoms with van der Waals surface area (Å²) < 4.78 is 40.8. The van der Waals surface area contributed by atoms with Crippen molar-refractivity contribution in [2.24, 2.45) is 0 Å². The molecule has 0 radical (unpaired) electrons. The van der Waals surface area contributed by atoms with Gasteiger partial charge >= 0.3 is 6.18 Å². The Hall–Kier alpha value is -3.67. The van der Waals surface area contributed by atoms with Crippen LogP contribution in [0.1, 0.15) is 32.2 Å². The monoisotopic (exact) mass is 599 g/mol. The van der Waals surface area contributed by atoms with E-state index < -0.39 is 17.6 Å². The van der Waals surface area contributed by atoms with Gasteiger partial charge in [-0.1, -0.05) is 65.8 Å². The largest absolute Gasteiger partial charge is 0.416 e. The van der Waals surface area contributed by atoms with Gasteiger partial charge in [-0.25, -0.2) is 4.98 Å². The number of rotatable bonds is 8. The summed E-state index contributed by atoms with van der Waals surface area (Å²) >= 11 is 9.22. The normalized spacial score (nSPS) is 11.5. The molecule has 1 amide bonds. The van der Waals surface area contributed by atoms with Crippen LogP contribution in [-0.4, -0.2) is 25.7 Å². The molecule has 0 spiro atoms. The van der Waals surface area contributed by atoms with Crippen molar-refractivity contribution in [3.05, 3.63) is 111 Å². The molecule has 6 nitrogen and oxygen atoms in total. The van der Waals surface area contributed by atoms with Gasteiger partial charge < -0.3 is 5.32 Å². The van der Waals surface area contributed by atoms with E-state index in [0.29, 0.717) is 32.3 Å². The third-order valence-corrected chi connectivity index (χ3v) is 8.22. The zero-order valence-corrected chi connectivity index (χ0v) is 23.3. The summed E-state index contributed by atoms with van der Waals surface area (Å²) in [6, 6.07) is 20.2. The lowest BCUT2D eigenvalue weighted by Gasteiger charge is -2.13. The lowest BCUT2D eigenvalue weighted by atomic mass is 10.1. The van der Waals surface area contributed by atoms with Gasteiger partial charge in [0, 0.05) is 17.5 Å². The van der Waals surface area contributed by atoms with Crippen molar-refractivity contribution < 1.29 is 18.0 Å². The standard InChI is InChI=1S/C28H21ClF3N5OS2/c1-17-7-2-5-12-23(17)37-25(20-10-3-4-11-21(20)29)35-36-27(37)40-16-24-34-22(15-39-24)26(38)33-14-18-8-6-9-19(13-18)28(30,31)32/h2-13,15H,14,16H2,1H3,(H,33,38). The van der Waals surface area contributed by atoms with Crippen molar-refractivity contribution >= 4 is 40.6 Å². The summed E-state index contributed by atoms with van der Waals surface area (Å²) in [6.07, 6.45) is -4.45. The van der Waals surface area contributed by atoms with Gasteiger partial charge in [0.05, 0.1) is 22.0 Å². The number of nitrogens with one attached hydrogen (secondary N) is 1. The van der Waals surface area contributed by atoms with Crippen molar-refractivity contribution in [2.45, 2.75) is 30.6 Å². The summed E-state index contributed by atoms with van der Waals surface area (Å²) in [4.78, 5) is 17.0. The second-order valence-corrected chi connectivity index (χ2v) is 11.0. The van der Waals surface area contributed by atoms with Crippen LogP contribution in [0.2, 0.25) is 5.02 Å². The highest BCUT2D eigenvalue weighted by Crippen LogP contribution is 2.34. The first-order chi connectivity index (χ1) is 19.2. The molecule has 5 rings (SSSR count). The second kappa shape index (κ2) is 11.8. The van der Waals surface area contributed by atoms with Crippen LogP contribution in [0.4, 0.5) is 13.2 Å². The van der Waals surface area contributed by atoms with E-state index in [1.165, 1.54) is 35.2 Å². The van der Waals surface area contributed by atoms with Crippen molar-refractivity contribution in [3.8, 4) is 17.1 Å². The topological polar surface area (TPSA) is 72.7 Å². The highest BCUT2D eigenvalue weighted by atomic mass is 35.5.